The summed E-state index contributed by atoms with van der Waals surface area (Å²) in [6, 6.07) is 11.5. The number of amides is 2. The molecule has 2 atom stereocenters. The number of fused-ring (bicyclic) bond motifs is 1. The van der Waals surface area contributed by atoms with E-state index in [2.05, 4.69) is 5.10 Å². The number of urea groups is 1. The molecule has 0 aliphatic heterocycles. The van der Waals surface area contributed by atoms with Crippen LogP contribution in [-0.2, 0) is 16.8 Å². The zero-order valence-corrected chi connectivity index (χ0v) is 20.1. The lowest BCUT2D eigenvalue weighted by Crippen LogP contribution is -2.53. The van der Waals surface area contributed by atoms with Crippen molar-refractivity contribution >= 4 is 45.5 Å². The van der Waals surface area contributed by atoms with Crippen LogP contribution in [0, 0.1) is 0 Å². The SMILES string of the molecule is CCC(c1ccc(Cl)cc1)(n1ncc2c(N(C(=O)N(C)C)S(=O)[O-])cccc21)C(C)(C)O. The van der Waals surface area contributed by atoms with Crippen LogP contribution in [0.15, 0.2) is 48.7 Å². The number of carbonyl (C=O) groups excluding carboxylic acids is 1. The van der Waals surface area contributed by atoms with Crippen LogP contribution in [0.2, 0.25) is 5.02 Å². The Bertz CT molecular complexity index is 1160. The molecule has 2 unspecified atom stereocenters. The Balaban J connectivity index is 2.33. The first kappa shape index (κ1) is 24.2. The predicted octanol–water partition coefficient (Wildman–Crippen LogP) is 3.90. The zero-order valence-electron chi connectivity index (χ0n) is 18.6. The molecule has 0 aliphatic carbocycles. The molecule has 0 aliphatic rings. The fourth-order valence-electron chi connectivity index (χ4n) is 4.19. The Labute approximate surface area is 194 Å². The molecule has 1 heterocycles. The maximum absolute atomic E-state index is 12.6. The molecule has 0 bridgehead atoms. The third kappa shape index (κ3) is 3.90. The Morgan fingerprint density at radius 2 is 1.84 bits per heavy atom. The standard InChI is InChI=1S/C22H27ClN4O4S/c1-6-22(21(2,3)29,15-10-12-16(23)13-11-15)27-19-9-7-8-18(17(19)14-24-27)26(32(30)31)20(28)25(4)5/h7-14,29H,6H2,1-5H3,(H,30,31)/p-1. The summed E-state index contributed by atoms with van der Waals surface area (Å²) in [5.74, 6) is 0. The highest BCUT2D eigenvalue weighted by atomic mass is 35.5. The summed E-state index contributed by atoms with van der Waals surface area (Å²) in [5, 5.41) is 17.0. The van der Waals surface area contributed by atoms with Crippen molar-refractivity contribution in [2.24, 2.45) is 0 Å². The highest BCUT2D eigenvalue weighted by molar-refractivity contribution is 7.81. The molecule has 32 heavy (non-hydrogen) atoms. The van der Waals surface area contributed by atoms with Crippen LogP contribution in [0.25, 0.3) is 10.9 Å². The molecule has 8 nitrogen and oxygen atoms in total. The molecule has 2 amide bonds. The molecule has 1 aromatic heterocycles. The molecular weight excluding hydrogens is 452 g/mol. The van der Waals surface area contributed by atoms with Gasteiger partial charge in [0.15, 0.2) is 0 Å². The second-order valence-corrected chi connectivity index (χ2v) is 9.47. The first-order valence-electron chi connectivity index (χ1n) is 10.0. The molecule has 1 N–H and O–H groups in total. The van der Waals surface area contributed by atoms with Crippen LogP contribution < -0.4 is 4.31 Å². The summed E-state index contributed by atoms with van der Waals surface area (Å²) in [7, 11) is 2.95. The molecule has 0 fully saturated rings. The van der Waals surface area contributed by atoms with Crippen LogP contribution in [0.3, 0.4) is 0 Å². The average Bonchev–Trinajstić information content (AvgIpc) is 3.14. The van der Waals surface area contributed by atoms with Crippen LogP contribution in [0.1, 0.15) is 32.8 Å². The highest BCUT2D eigenvalue weighted by Crippen LogP contribution is 2.43. The maximum atomic E-state index is 12.6. The number of benzene rings is 2. The van der Waals surface area contributed by atoms with Gasteiger partial charge < -0.3 is 14.6 Å². The number of aliphatic hydroxyl groups is 1. The molecule has 3 rings (SSSR count). The lowest BCUT2D eigenvalue weighted by molar-refractivity contribution is -0.0297. The summed E-state index contributed by atoms with van der Waals surface area (Å²) < 4.78 is 26.3. The van der Waals surface area contributed by atoms with Crippen molar-refractivity contribution in [1.29, 1.82) is 0 Å². The minimum absolute atomic E-state index is 0.178. The number of aromatic nitrogens is 2. The normalized spacial score (nSPS) is 14.8. The van der Waals surface area contributed by atoms with Crippen molar-refractivity contribution in [1.82, 2.24) is 14.7 Å². The van der Waals surface area contributed by atoms with Gasteiger partial charge in [0.25, 0.3) is 0 Å². The third-order valence-electron chi connectivity index (χ3n) is 5.72. The van der Waals surface area contributed by atoms with E-state index in [9.17, 15) is 18.7 Å². The molecule has 3 aromatic rings. The van der Waals surface area contributed by atoms with Gasteiger partial charge in [0, 0.05) is 24.5 Å². The van der Waals surface area contributed by atoms with E-state index in [1.165, 1.54) is 25.2 Å². The van der Waals surface area contributed by atoms with Crippen molar-refractivity contribution in [2.45, 2.75) is 38.3 Å². The molecule has 0 radical (unpaired) electrons. The van der Waals surface area contributed by atoms with E-state index in [1.54, 1.807) is 48.9 Å². The summed E-state index contributed by atoms with van der Waals surface area (Å²) in [4.78, 5) is 13.8. The summed E-state index contributed by atoms with van der Waals surface area (Å²) in [6.07, 6.45) is 1.99. The molecule has 10 heteroatoms. The Morgan fingerprint density at radius 1 is 1.22 bits per heavy atom. The highest BCUT2D eigenvalue weighted by Gasteiger charge is 2.47. The summed E-state index contributed by atoms with van der Waals surface area (Å²) in [6.45, 7) is 5.35. The van der Waals surface area contributed by atoms with Gasteiger partial charge in [-0.2, -0.15) is 5.10 Å². The maximum Gasteiger partial charge on any atom is 0.335 e. The van der Waals surface area contributed by atoms with E-state index >= 15 is 0 Å². The minimum atomic E-state index is -2.84. The Kier molecular flexibility index (Phi) is 6.67. The van der Waals surface area contributed by atoms with Gasteiger partial charge >= 0.3 is 6.03 Å². The number of halogens is 1. The van der Waals surface area contributed by atoms with Crippen molar-refractivity contribution in [3.8, 4) is 0 Å². The number of anilines is 1. The van der Waals surface area contributed by atoms with Gasteiger partial charge in [-0.3, -0.25) is 8.89 Å². The number of hydrogen-bond acceptors (Lipinski definition) is 5. The van der Waals surface area contributed by atoms with Gasteiger partial charge in [-0.25, -0.2) is 9.10 Å². The smallest absolute Gasteiger partial charge is 0.335 e. The van der Waals surface area contributed by atoms with Crippen LogP contribution in [0.4, 0.5) is 10.5 Å². The Morgan fingerprint density at radius 3 is 2.34 bits per heavy atom. The first-order chi connectivity index (χ1) is 15.0. The van der Waals surface area contributed by atoms with E-state index in [4.69, 9.17) is 11.6 Å². The average molecular weight is 478 g/mol. The van der Waals surface area contributed by atoms with E-state index in [0.717, 1.165) is 5.56 Å². The van der Waals surface area contributed by atoms with Gasteiger partial charge in [0.2, 0.25) is 0 Å². The predicted molar refractivity (Wildman–Crippen MR) is 125 cm³/mol. The van der Waals surface area contributed by atoms with E-state index in [0.29, 0.717) is 26.7 Å². The number of hydrogen-bond donors (Lipinski definition) is 1. The first-order valence-corrected chi connectivity index (χ1v) is 11.4. The minimum Gasteiger partial charge on any atom is -0.755 e. The van der Waals surface area contributed by atoms with Crippen molar-refractivity contribution in [3.63, 3.8) is 0 Å². The number of nitrogens with zero attached hydrogens (tertiary/aromatic N) is 4. The second kappa shape index (κ2) is 8.82. The van der Waals surface area contributed by atoms with Crippen LogP contribution in [0.5, 0.6) is 0 Å². The quantitative estimate of drug-likeness (QED) is 0.542. The van der Waals surface area contributed by atoms with Gasteiger partial charge in [0.05, 0.1) is 34.3 Å². The molecule has 0 spiro atoms. The van der Waals surface area contributed by atoms with E-state index < -0.39 is 28.4 Å². The molecule has 172 valence electrons. The van der Waals surface area contributed by atoms with Crippen molar-refractivity contribution in [2.75, 3.05) is 18.4 Å². The molecule has 0 saturated carbocycles. The summed E-state index contributed by atoms with van der Waals surface area (Å²) in [5.41, 5.74) is -0.710. The fourth-order valence-corrected chi connectivity index (χ4v) is 4.93. The molecule has 2 aromatic carbocycles. The lowest BCUT2D eigenvalue weighted by atomic mass is 9.74. The van der Waals surface area contributed by atoms with E-state index in [1.807, 2.05) is 19.1 Å². The summed E-state index contributed by atoms with van der Waals surface area (Å²) >= 11 is 3.26. The van der Waals surface area contributed by atoms with Gasteiger partial charge in [-0.15, -0.1) is 0 Å². The van der Waals surface area contributed by atoms with Crippen molar-refractivity contribution in [3.05, 3.63) is 59.2 Å². The Hall–Kier alpha value is -2.46. The molecular formula is C22H26ClN4O4S-. The van der Waals surface area contributed by atoms with Gasteiger partial charge in [0.1, 0.15) is 5.54 Å². The second-order valence-electron chi connectivity index (χ2n) is 8.23. The fraction of sp³-hybridized carbons (Fsp3) is 0.364. The van der Waals surface area contributed by atoms with Crippen LogP contribution >= 0.6 is 11.6 Å². The number of carbonyl (C=O) groups is 1. The lowest BCUT2D eigenvalue weighted by Gasteiger charge is -2.44. The van der Waals surface area contributed by atoms with Gasteiger partial charge in [-0.05, 0) is 50.1 Å². The largest absolute Gasteiger partial charge is 0.755 e. The monoisotopic (exact) mass is 477 g/mol. The molecule has 0 saturated heterocycles. The zero-order chi connectivity index (χ0) is 23.8. The topological polar surface area (TPSA) is 102 Å². The van der Waals surface area contributed by atoms with Crippen LogP contribution in [-0.4, -0.2) is 54.3 Å². The third-order valence-corrected chi connectivity index (χ3v) is 6.62. The van der Waals surface area contributed by atoms with Crippen molar-refractivity contribution < 1.29 is 18.7 Å². The van der Waals surface area contributed by atoms with E-state index in [-0.39, 0.29) is 5.69 Å². The number of rotatable bonds is 6. The van der Waals surface area contributed by atoms with Gasteiger partial charge in [-0.1, -0.05) is 36.7 Å².